The molecule has 0 radical (unpaired) electrons. The highest BCUT2D eigenvalue weighted by molar-refractivity contribution is 5.08. The van der Waals surface area contributed by atoms with Crippen molar-refractivity contribution >= 4 is 0 Å². The highest BCUT2D eigenvalue weighted by Gasteiger charge is 2.25. The van der Waals surface area contributed by atoms with Crippen LogP contribution in [0.25, 0.3) is 0 Å². The third kappa shape index (κ3) is 3.69. The average molecular weight is 282 g/mol. The molecule has 1 fully saturated rings. The molecule has 0 spiro atoms. The molecule has 0 aliphatic heterocycles. The van der Waals surface area contributed by atoms with E-state index in [9.17, 15) is 0 Å². The van der Waals surface area contributed by atoms with E-state index in [2.05, 4.69) is 15.0 Å². The fourth-order valence-corrected chi connectivity index (χ4v) is 2.56. The third-order valence-corrected chi connectivity index (χ3v) is 3.73. The zero-order chi connectivity index (χ0) is 14.4. The van der Waals surface area contributed by atoms with E-state index in [0.29, 0.717) is 25.0 Å². The fourth-order valence-electron chi connectivity index (χ4n) is 2.56. The Balaban J connectivity index is 1.98. The zero-order valence-electron chi connectivity index (χ0n) is 12.0. The number of methoxy groups -OCH3 is 2. The number of hydrogen-bond donors (Lipinski definition) is 1. The molecule has 1 aliphatic carbocycles. The van der Waals surface area contributed by atoms with Crippen LogP contribution in [0.15, 0.2) is 0 Å². The Bertz CT molecular complexity index is 408. The Labute approximate surface area is 118 Å². The van der Waals surface area contributed by atoms with Gasteiger partial charge in [-0.2, -0.15) is 0 Å². The Hall–Kier alpha value is -1.63. The molecular weight excluding hydrogens is 260 g/mol. The Morgan fingerprint density at radius 3 is 2.05 bits per heavy atom. The molecule has 0 bridgehead atoms. The van der Waals surface area contributed by atoms with Gasteiger partial charge in [0.15, 0.2) is 0 Å². The maximum absolute atomic E-state index is 5.82. The molecule has 1 heterocycles. The summed E-state index contributed by atoms with van der Waals surface area (Å²) in [5, 5.41) is 0. The summed E-state index contributed by atoms with van der Waals surface area (Å²) in [6, 6.07) is 0.604. The minimum Gasteiger partial charge on any atom is -0.467 e. The van der Waals surface area contributed by atoms with Crippen LogP contribution in [0, 0.1) is 11.8 Å². The van der Waals surface area contributed by atoms with Crippen LogP contribution >= 0.6 is 0 Å². The lowest BCUT2D eigenvalue weighted by Gasteiger charge is -2.30. The van der Waals surface area contributed by atoms with Crippen molar-refractivity contribution in [1.82, 2.24) is 15.0 Å². The normalized spacial score (nSPS) is 22.4. The first kappa shape index (κ1) is 14.8. The Kier molecular flexibility index (Phi) is 5.34. The standard InChI is InChI=1S/C13H22N4O3/c1-18-11-15-12(19-2)17-13(16-11)20-8-10-6-4-3-5-9(10)7-14/h9-10H,3-8,14H2,1-2H3. The van der Waals surface area contributed by atoms with Gasteiger partial charge in [0.05, 0.1) is 20.8 Å². The van der Waals surface area contributed by atoms with Crippen molar-refractivity contribution in [2.75, 3.05) is 27.4 Å². The van der Waals surface area contributed by atoms with Crippen LogP contribution in [0.5, 0.6) is 18.0 Å². The molecule has 112 valence electrons. The summed E-state index contributed by atoms with van der Waals surface area (Å²) in [5.41, 5.74) is 5.82. The predicted octanol–water partition coefficient (Wildman–Crippen LogP) is 1.03. The van der Waals surface area contributed by atoms with Crippen molar-refractivity contribution in [3.05, 3.63) is 0 Å². The van der Waals surface area contributed by atoms with Crippen LogP contribution in [0.1, 0.15) is 25.7 Å². The van der Waals surface area contributed by atoms with Crippen LogP contribution < -0.4 is 19.9 Å². The largest absolute Gasteiger partial charge is 0.467 e. The quantitative estimate of drug-likeness (QED) is 0.833. The molecule has 2 unspecified atom stereocenters. The number of rotatable bonds is 6. The molecule has 7 nitrogen and oxygen atoms in total. The van der Waals surface area contributed by atoms with Gasteiger partial charge in [0.25, 0.3) is 0 Å². The monoisotopic (exact) mass is 282 g/mol. The van der Waals surface area contributed by atoms with Gasteiger partial charge in [-0.05, 0) is 31.2 Å². The van der Waals surface area contributed by atoms with Gasteiger partial charge in [-0.15, -0.1) is 15.0 Å². The topological polar surface area (TPSA) is 92.4 Å². The van der Waals surface area contributed by atoms with Gasteiger partial charge in [-0.1, -0.05) is 12.8 Å². The van der Waals surface area contributed by atoms with E-state index in [1.165, 1.54) is 33.5 Å². The first-order valence-corrected chi connectivity index (χ1v) is 6.93. The second-order valence-electron chi connectivity index (χ2n) is 4.94. The van der Waals surface area contributed by atoms with E-state index in [-0.39, 0.29) is 18.0 Å². The van der Waals surface area contributed by atoms with Crippen LogP contribution in [0.3, 0.4) is 0 Å². The highest BCUT2D eigenvalue weighted by Crippen LogP contribution is 2.29. The summed E-state index contributed by atoms with van der Waals surface area (Å²) in [7, 11) is 2.98. The molecule has 0 amide bonds. The van der Waals surface area contributed by atoms with E-state index < -0.39 is 0 Å². The zero-order valence-corrected chi connectivity index (χ0v) is 12.0. The smallest absolute Gasteiger partial charge is 0.325 e. The maximum atomic E-state index is 5.82. The fraction of sp³-hybridized carbons (Fsp3) is 0.769. The molecule has 2 N–H and O–H groups in total. The van der Waals surface area contributed by atoms with Gasteiger partial charge in [-0.3, -0.25) is 0 Å². The van der Waals surface area contributed by atoms with E-state index in [1.807, 2.05) is 0 Å². The van der Waals surface area contributed by atoms with Crippen molar-refractivity contribution in [3.63, 3.8) is 0 Å². The van der Waals surface area contributed by atoms with Crippen molar-refractivity contribution in [2.45, 2.75) is 25.7 Å². The van der Waals surface area contributed by atoms with Gasteiger partial charge in [0.2, 0.25) is 0 Å². The lowest BCUT2D eigenvalue weighted by molar-refractivity contribution is 0.142. The van der Waals surface area contributed by atoms with Crippen molar-refractivity contribution < 1.29 is 14.2 Å². The third-order valence-electron chi connectivity index (χ3n) is 3.73. The van der Waals surface area contributed by atoms with Crippen LogP contribution in [0.4, 0.5) is 0 Å². The number of hydrogen-bond acceptors (Lipinski definition) is 7. The number of aromatic nitrogens is 3. The summed E-state index contributed by atoms with van der Waals surface area (Å²) < 4.78 is 15.7. The molecule has 1 aromatic rings. The van der Waals surface area contributed by atoms with Crippen LogP contribution in [-0.4, -0.2) is 42.3 Å². The minimum absolute atomic E-state index is 0.186. The van der Waals surface area contributed by atoms with Gasteiger partial charge >= 0.3 is 18.0 Å². The molecule has 1 aromatic heterocycles. The van der Waals surface area contributed by atoms with Crippen molar-refractivity contribution in [2.24, 2.45) is 17.6 Å². The summed E-state index contributed by atoms with van der Waals surface area (Å²) in [6.45, 7) is 1.27. The Morgan fingerprint density at radius 2 is 1.50 bits per heavy atom. The second kappa shape index (κ2) is 7.23. The van der Waals surface area contributed by atoms with Gasteiger partial charge < -0.3 is 19.9 Å². The summed E-state index contributed by atoms with van der Waals surface area (Å²) in [6.07, 6.45) is 4.80. The van der Waals surface area contributed by atoms with Crippen LogP contribution in [-0.2, 0) is 0 Å². The van der Waals surface area contributed by atoms with Crippen LogP contribution in [0.2, 0.25) is 0 Å². The SMILES string of the molecule is COc1nc(OC)nc(OCC2CCCCC2CN)n1. The number of nitrogens with two attached hydrogens (primary N) is 1. The van der Waals surface area contributed by atoms with Gasteiger partial charge in [-0.25, -0.2) is 0 Å². The molecule has 1 saturated carbocycles. The summed E-state index contributed by atoms with van der Waals surface area (Å²) in [4.78, 5) is 12.0. The number of nitrogens with zero attached hydrogens (tertiary/aromatic N) is 3. The van der Waals surface area contributed by atoms with E-state index in [1.54, 1.807) is 0 Å². The summed E-state index contributed by atoms with van der Waals surface area (Å²) >= 11 is 0. The van der Waals surface area contributed by atoms with Crippen molar-refractivity contribution in [3.8, 4) is 18.0 Å². The second-order valence-corrected chi connectivity index (χ2v) is 4.94. The summed E-state index contributed by atoms with van der Waals surface area (Å²) in [5.74, 6) is 0.983. The maximum Gasteiger partial charge on any atom is 0.325 e. The first-order valence-electron chi connectivity index (χ1n) is 6.93. The van der Waals surface area contributed by atoms with Gasteiger partial charge in [0.1, 0.15) is 0 Å². The first-order chi connectivity index (χ1) is 9.76. The lowest BCUT2D eigenvalue weighted by atomic mass is 9.80. The molecular formula is C13H22N4O3. The molecule has 2 rings (SSSR count). The predicted molar refractivity (Wildman–Crippen MR) is 72.9 cm³/mol. The van der Waals surface area contributed by atoms with E-state index >= 15 is 0 Å². The molecule has 1 aliphatic rings. The molecule has 0 aromatic carbocycles. The molecule has 0 saturated heterocycles. The number of ether oxygens (including phenoxy) is 3. The van der Waals surface area contributed by atoms with E-state index in [4.69, 9.17) is 19.9 Å². The Morgan fingerprint density at radius 1 is 0.950 bits per heavy atom. The van der Waals surface area contributed by atoms with E-state index in [0.717, 1.165) is 6.42 Å². The molecule has 20 heavy (non-hydrogen) atoms. The lowest BCUT2D eigenvalue weighted by Crippen LogP contribution is -2.31. The molecule has 2 atom stereocenters. The minimum atomic E-state index is 0.186. The highest BCUT2D eigenvalue weighted by atomic mass is 16.5. The van der Waals surface area contributed by atoms with Crippen molar-refractivity contribution in [1.29, 1.82) is 0 Å². The molecule has 7 heteroatoms. The average Bonchev–Trinajstić information content (AvgIpc) is 2.52. The van der Waals surface area contributed by atoms with Gasteiger partial charge in [0, 0.05) is 0 Å².